The van der Waals surface area contributed by atoms with Crippen molar-refractivity contribution in [1.29, 1.82) is 0 Å². The van der Waals surface area contributed by atoms with Crippen molar-refractivity contribution in [2.45, 2.75) is 26.8 Å². The van der Waals surface area contributed by atoms with Crippen LogP contribution in [0, 0.1) is 5.92 Å². The second-order valence-corrected chi connectivity index (χ2v) is 6.93. The second-order valence-electron chi connectivity index (χ2n) is 6.49. The molecule has 0 heterocycles. The number of nitrogens with one attached hydrogen (secondary N) is 2. The minimum absolute atomic E-state index is 0.0432. The second kappa shape index (κ2) is 8.72. The van der Waals surface area contributed by atoms with E-state index in [9.17, 15) is 9.59 Å². The van der Waals surface area contributed by atoms with Crippen LogP contribution in [0.1, 0.15) is 32.4 Å². The van der Waals surface area contributed by atoms with Gasteiger partial charge in [0.25, 0.3) is 0 Å². The van der Waals surface area contributed by atoms with Gasteiger partial charge in [-0.15, -0.1) is 0 Å². The van der Waals surface area contributed by atoms with E-state index in [0.29, 0.717) is 16.4 Å². The molecule has 0 saturated heterocycles. The van der Waals surface area contributed by atoms with Crippen LogP contribution in [0.25, 0.3) is 0 Å². The predicted molar refractivity (Wildman–Crippen MR) is 107 cm³/mol. The molecule has 0 aliphatic carbocycles. The number of halogens is 1. The first-order valence-corrected chi connectivity index (χ1v) is 8.86. The molecule has 2 N–H and O–H groups in total. The lowest BCUT2D eigenvalue weighted by molar-refractivity contribution is -0.118. The summed E-state index contributed by atoms with van der Waals surface area (Å²) >= 11 is 5.91. The Kier molecular flexibility index (Phi) is 6.64. The minimum Gasteiger partial charge on any atom is -0.326 e. The number of nitrogens with zero attached hydrogens (tertiary/aromatic N) is 1. The quantitative estimate of drug-likeness (QED) is 0.760. The number of hydrogen-bond acceptors (Lipinski definition) is 2. The van der Waals surface area contributed by atoms with Gasteiger partial charge in [0.05, 0.1) is 6.04 Å². The van der Waals surface area contributed by atoms with Crippen molar-refractivity contribution in [1.82, 2.24) is 4.90 Å². The Morgan fingerprint density at radius 1 is 0.885 bits per heavy atom. The number of hydrogen-bond donors (Lipinski definition) is 2. The summed E-state index contributed by atoms with van der Waals surface area (Å²) in [5.74, 6) is -0.129. The van der Waals surface area contributed by atoms with Crippen LogP contribution < -0.4 is 10.6 Å². The maximum Gasteiger partial charge on any atom is 0.322 e. The molecule has 0 bridgehead atoms. The zero-order valence-electron chi connectivity index (χ0n) is 15.4. The van der Waals surface area contributed by atoms with E-state index >= 15 is 0 Å². The summed E-state index contributed by atoms with van der Waals surface area (Å²) in [7, 11) is 1.74. The van der Waals surface area contributed by atoms with E-state index in [1.54, 1.807) is 36.2 Å². The van der Waals surface area contributed by atoms with Gasteiger partial charge in [-0.25, -0.2) is 4.79 Å². The fourth-order valence-electron chi connectivity index (χ4n) is 2.28. The third kappa shape index (κ3) is 5.23. The first-order chi connectivity index (χ1) is 12.3. The molecule has 0 unspecified atom stereocenters. The summed E-state index contributed by atoms with van der Waals surface area (Å²) in [5, 5.41) is 6.34. The molecule has 3 amide bonds. The third-order valence-electron chi connectivity index (χ3n) is 4.18. The fourth-order valence-corrected chi connectivity index (χ4v) is 2.40. The van der Waals surface area contributed by atoms with E-state index in [2.05, 4.69) is 10.6 Å². The lowest BCUT2D eigenvalue weighted by Crippen LogP contribution is -2.33. The molecule has 1 atom stereocenters. The number of anilines is 2. The summed E-state index contributed by atoms with van der Waals surface area (Å²) in [4.78, 5) is 25.8. The van der Waals surface area contributed by atoms with E-state index in [-0.39, 0.29) is 23.9 Å². The average Bonchev–Trinajstić information content (AvgIpc) is 2.62. The van der Waals surface area contributed by atoms with Crippen molar-refractivity contribution in [2.75, 3.05) is 17.7 Å². The lowest BCUT2D eigenvalue weighted by atomic mass is 10.1. The highest BCUT2D eigenvalue weighted by molar-refractivity contribution is 6.30. The van der Waals surface area contributed by atoms with Crippen LogP contribution in [-0.4, -0.2) is 23.9 Å². The Hall–Kier alpha value is -2.53. The molecule has 2 aromatic carbocycles. The number of carbonyl (C=O) groups is 2. The monoisotopic (exact) mass is 373 g/mol. The van der Waals surface area contributed by atoms with Crippen molar-refractivity contribution in [2.24, 2.45) is 5.92 Å². The van der Waals surface area contributed by atoms with Gasteiger partial charge in [-0.2, -0.15) is 0 Å². The summed E-state index contributed by atoms with van der Waals surface area (Å²) < 4.78 is 0. The van der Waals surface area contributed by atoms with Gasteiger partial charge in [-0.3, -0.25) is 4.79 Å². The predicted octanol–water partition coefficient (Wildman–Crippen LogP) is 5.16. The largest absolute Gasteiger partial charge is 0.326 e. The molecule has 5 nitrogen and oxygen atoms in total. The average molecular weight is 374 g/mol. The normalized spacial score (nSPS) is 11.8. The summed E-state index contributed by atoms with van der Waals surface area (Å²) in [5.41, 5.74) is 2.36. The van der Waals surface area contributed by atoms with E-state index in [1.807, 2.05) is 45.0 Å². The lowest BCUT2D eigenvalue weighted by Gasteiger charge is -2.25. The Bertz CT molecular complexity index is 758. The van der Waals surface area contributed by atoms with Gasteiger partial charge in [0.15, 0.2) is 0 Å². The van der Waals surface area contributed by atoms with Crippen molar-refractivity contribution in [3.8, 4) is 0 Å². The number of amides is 3. The van der Waals surface area contributed by atoms with Gasteiger partial charge in [-0.1, -0.05) is 37.6 Å². The zero-order valence-corrected chi connectivity index (χ0v) is 16.2. The topological polar surface area (TPSA) is 61.4 Å². The van der Waals surface area contributed by atoms with Crippen LogP contribution >= 0.6 is 11.6 Å². The van der Waals surface area contributed by atoms with Gasteiger partial charge in [-0.05, 0) is 48.9 Å². The Labute approximate surface area is 159 Å². The van der Waals surface area contributed by atoms with E-state index in [1.165, 1.54) is 0 Å². The Balaban J connectivity index is 1.97. The van der Waals surface area contributed by atoms with Crippen LogP contribution in [0.15, 0.2) is 48.5 Å². The molecule has 0 aromatic heterocycles. The third-order valence-corrected chi connectivity index (χ3v) is 4.43. The fraction of sp³-hybridized carbons (Fsp3) is 0.300. The first-order valence-electron chi connectivity index (χ1n) is 8.48. The first kappa shape index (κ1) is 19.8. The zero-order chi connectivity index (χ0) is 19.3. The standard InChI is InChI=1S/C20H24ClN3O2/c1-13(2)19(25)22-17-9-11-18(12-10-17)23-20(26)24(4)14(3)15-5-7-16(21)8-6-15/h5-14H,1-4H3,(H,22,25)(H,23,26)/t14-/m1/s1. The van der Waals surface area contributed by atoms with Crippen molar-refractivity contribution >= 4 is 34.9 Å². The minimum atomic E-state index is -0.216. The number of benzene rings is 2. The van der Waals surface area contributed by atoms with Crippen LogP contribution in [0.2, 0.25) is 5.02 Å². The maximum atomic E-state index is 12.5. The number of urea groups is 1. The highest BCUT2D eigenvalue weighted by atomic mass is 35.5. The molecule has 2 rings (SSSR count). The van der Waals surface area contributed by atoms with Crippen molar-refractivity contribution < 1.29 is 9.59 Å². The number of carbonyl (C=O) groups excluding carboxylic acids is 2. The molecular formula is C20H24ClN3O2. The highest BCUT2D eigenvalue weighted by Gasteiger charge is 2.17. The summed E-state index contributed by atoms with van der Waals surface area (Å²) in [6.07, 6.45) is 0. The van der Waals surface area contributed by atoms with Gasteiger partial charge < -0.3 is 15.5 Å². The van der Waals surface area contributed by atoms with E-state index < -0.39 is 0 Å². The highest BCUT2D eigenvalue weighted by Crippen LogP contribution is 2.22. The van der Waals surface area contributed by atoms with E-state index in [4.69, 9.17) is 11.6 Å². The van der Waals surface area contributed by atoms with Gasteiger partial charge in [0, 0.05) is 29.4 Å². The van der Waals surface area contributed by atoms with Gasteiger partial charge in [0.1, 0.15) is 0 Å². The molecular weight excluding hydrogens is 350 g/mol. The molecule has 6 heteroatoms. The molecule has 26 heavy (non-hydrogen) atoms. The summed E-state index contributed by atoms with van der Waals surface area (Å²) in [6, 6.07) is 14.2. The molecule has 0 spiro atoms. The van der Waals surface area contributed by atoms with Crippen LogP contribution in [-0.2, 0) is 4.79 Å². The van der Waals surface area contributed by atoms with Crippen molar-refractivity contribution in [3.05, 3.63) is 59.1 Å². The SMILES string of the molecule is CC(C)C(=O)Nc1ccc(NC(=O)N(C)[C@H](C)c2ccc(Cl)cc2)cc1. The molecule has 0 aliphatic heterocycles. The molecule has 0 aliphatic rings. The molecule has 138 valence electrons. The smallest absolute Gasteiger partial charge is 0.322 e. The molecule has 0 radical (unpaired) electrons. The van der Waals surface area contributed by atoms with Crippen LogP contribution in [0.4, 0.5) is 16.2 Å². The summed E-state index contributed by atoms with van der Waals surface area (Å²) in [6.45, 7) is 5.62. The molecule has 0 fully saturated rings. The molecule has 0 saturated carbocycles. The van der Waals surface area contributed by atoms with Crippen LogP contribution in [0.3, 0.4) is 0 Å². The van der Waals surface area contributed by atoms with Gasteiger partial charge in [0.2, 0.25) is 5.91 Å². The van der Waals surface area contributed by atoms with Crippen molar-refractivity contribution in [3.63, 3.8) is 0 Å². The molecule has 2 aromatic rings. The van der Waals surface area contributed by atoms with Gasteiger partial charge >= 0.3 is 6.03 Å². The Morgan fingerprint density at radius 2 is 1.38 bits per heavy atom. The number of rotatable bonds is 5. The van der Waals surface area contributed by atoms with Crippen LogP contribution in [0.5, 0.6) is 0 Å². The maximum absolute atomic E-state index is 12.5. The van der Waals surface area contributed by atoms with E-state index in [0.717, 1.165) is 5.56 Å². The Morgan fingerprint density at radius 3 is 1.88 bits per heavy atom.